The zero-order chi connectivity index (χ0) is 21.7. The number of fused-ring (bicyclic) bond motifs is 1. The molecular formula is C23H26N2O5. The van der Waals surface area contributed by atoms with Crippen molar-refractivity contribution in [2.24, 2.45) is 0 Å². The first-order chi connectivity index (χ1) is 14.3. The second-order valence-corrected chi connectivity index (χ2v) is 7.44. The standard InChI is InChI=1S/C23H26N2O5/c1-15(2)17-8-10-18(11-9-17)24-23(28)16(3)30-22(27)14-25-19-6-4-5-7-20(19)29-13-12-21(25)26/h4-11,15-16H,12-14H2,1-3H3,(H,24,28)/t16-/m1/s1. The van der Waals surface area contributed by atoms with Gasteiger partial charge in [0.05, 0.1) is 18.7 Å². The van der Waals surface area contributed by atoms with Gasteiger partial charge in [-0.05, 0) is 42.7 Å². The number of nitrogens with one attached hydrogen (secondary N) is 1. The van der Waals surface area contributed by atoms with Crippen LogP contribution in [0.15, 0.2) is 48.5 Å². The third-order valence-corrected chi connectivity index (χ3v) is 4.84. The molecule has 1 heterocycles. The van der Waals surface area contributed by atoms with E-state index in [0.717, 1.165) is 0 Å². The number of carbonyl (C=O) groups is 3. The molecule has 7 heteroatoms. The molecule has 7 nitrogen and oxygen atoms in total. The monoisotopic (exact) mass is 410 g/mol. The highest BCUT2D eigenvalue weighted by atomic mass is 16.5. The molecule has 30 heavy (non-hydrogen) atoms. The maximum atomic E-state index is 12.4. The molecule has 1 aliphatic rings. The van der Waals surface area contributed by atoms with E-state index in [1.165, 1.54) is 17.4 Å². The molecule has 0 unspecified atom stereocenters. The Bertz CT molecular complexity index is 923. The number of rotatable bonds is 6. The minimum Gasteiger partial charge on any atom is -0.491 e. The van der Waals surface area contributed by atoms with Crippen LogP contribution >= 0.6 is 0 Å². The number of nitrogens with zero attached hydrogens (tertiary/aromatic N) is 1. The van der Waals surface area contributed by atoms with Crippen LogP contribution in [0, 0.1) is 0 Å². The van der Waals surface area contributed by atoms with Gasteiger partial charge in [-0.1, -0.05) is 38.1 Å². The number of amides is 2. The highest BCUT2D eigenvalue weighted by molar-refractivity contribution is 6.00. The highest BCUT2D eigenvalue weighted by Crippen LogP contribution is 2.30. The minimum absolute atomic E-state index is 0.157. The van der Waals surface area contributed by atoms with Gasteiger partial charge in [0.25, 0.3) is 5.91 Å². The molecule has 0 aromatic heterocycles. The number of anilines is 2. The summed E-state index contributed by atoms with van der Waals surface area (Å²) < 4.78 is 10.8. The lowest BCUT2D eigenvalue weighted by Crippen LogP contribution is -2.39. The minimum atomic E-state index is -1.00. The van der Waals surface area contributed by atoms with E-state index in [-0.39, 0.29) is 25.5 Å². The summed E-state index contributed by atoms with van der Waals surface area (Å²) in [5.41, 5.74) is 2.30. The molecule has 1 N–H and O–H groups in total. The van der Waals surface area contributed by atoms with Crippen LogP contribution in [0.25, 0.3) is 0 Å². The highest BCUT2D eigenvalue weighted by Gasteiger charge is 2.27. The van der Waals surface area contributed by atoms with Gasteiger partial charge in [0, 0.05) is 5.69 Å². The van der Waals surface area contributed by atoms with E-state index in [1.807, 2.05) is 24.3 Å². The number of carbonyl (C=O) groups excluding carboxylic acids is 3. The second-order valence-electron chi connectivity index (χ2n) is 7.44. The van der Waals surface area contributed by atoms with Gasteiger partial charge < -0.3 is 14.8 Å². The molecule has 2 aromatic carbocycles. The first-order valence-corrected chi connectivity index (χ1v) is 9.97. The fourth-order valence-electron chi connectivity index (χ4n) is 3.11. The average molecular weight is 410 g/mol. The van der Waals surface area contributed by atoms with Crippen molar-refractivity contribution in [2.75, 3.05) is 23.4 Å². The Hall–Kier alpha value is -3.35. The van der Waals surface area contributed by atoms with Crippen molar-refractivity contribution < 1.29 is 23.9 Å². The molecule has 2 aromatic rings. The smallest absolute Gasteiger partial charge is 0.326 e. The van der Waals surface area contributed by atoms with Crippen molar-refractivity contribution in [2.45, 2.75) is 39.2 Å². The molecule has 158 valence electrons. The van der Waals surface area contributed by atoms with Crippen LogP contribution in [0.5, 0.6) is 5.75 Å². The molecule has 0 saturated heterocycles. The molecule has 0 radical (unpaired) electrons. The van der Waals surface area contributed by atoms with E-state index >= 15 is 0 Å². The van der Waals surface area contributed by atoms with Crippen LogP contribution < -0.4 is 15.0 Å². The van der Waals surface area contributed by atoms with Crippen molar-refractivity contribution in [3.8, 4) is 5.75 Å². The van der Waals surface area contributed by atoms with E-state index in [0.29, 0.717) is 23.0 Å². The van der Waals surface area contributed by atoms with Gasteiger partial charge in [0.15, 0.2) is 6.10 Å². The molecule has 0 aliphatic carbocycles. The molecule has 3 rings (SSSR count). The van der Waals surface area contributed by atoms with Crippen LogP contribution in [-0.4, -0.2) is 37.0 Å². The van der Waals surface area contributed by atoms with Crippen LogP contribution in [-0.2, 0) is 19.1 Å². The van der Waals surface area contributed by atoms with Crippen molar-refractivity contribution >= 4 is 29.2 Å². The first-order valence-electron chi connectivity index (χ1n) is 9.97. The third-order valence-electron chi connectivity index (χ3n) is 4.84. The summed E-state index contributed by atoms with van der Waals surface area (Å²) in [5, 5.41) is 2.73. The lowest BCUT2D eigenvalue weighted by Gasteiger charge is -2.22. The van der Waals surface area contributed by atoms with Gasteiger partial charge in [0.1, 0.15) is 12.3 Å². The number of benzene rings is 2. The Kier molecular flexibility index (Phi) is 6.72. The molecule has 1 aliphatic heterocycles. The van der Waals surface area contributed by atoms with Gasteiger partial charge in [-0.25, -0.2) is 0 Å². The van der Waals surface area contributed by atoms with Gasteiger partial charge in [-0.2, -0.15) is 0 Å². The van der Waals surface area contributed by atoms with Crippen molar-refractivity contribution in [1.82, 2.24) is 0 Å². The van der Waals surface area contributed by atoms with E-state index in [1.54, 1.807) is 24.3 Å². The summed E-state index contributed by atoms with van der Waals surface area (Å²) >= 11 is 0. The number of esters is 1. The number of hydrogen-bond acceptors (Lipinski definition) is 5. The Morgan fingerprint density at radius 3 is 2.50 bits per heavy atom. The predicted octanol–water partition coefficient (Wildman–Crippen LogP) is 3.50. The van der Waals surface area contributed by atoms with E-state index in [9.17, 15) is 14.4 Å². The molecule has 0 saturated carbocycles. The van der Waals surface area contributed by atoms with Crippen LogP contribution in [0.2, 0.25) is 0 Å². The number of ether oxygens (including phenoxy) is 2. The second kappa shape index (κ2) is 9.43. The molecular weight excluding hydrogens is 384 g/mol. The van der Waals surface area contributed by atoms with Gasteiger partial charge in [-0.3, -0.25) is 19.3 Å². The largest absolute Gasteiger partial charge is 0.491 e. The zero-order valence-electron chi connectivity index (χ0n) is 17.4. The Morgan fingerprint density at radius 1 is 1.10 bits per heavy atom. The maximum Gasteiger partial charge on any atom is 0.326 e. The van der Waals surface area contributed by atoms with E-state index < -0.39 is 18.0 Å². The third kappa shape index (κ3) is 5.17. The van der Waals surface area contributed by atoms with Crippen molar-refractivity contribution in [1.29, 1.82) is 0 Å². The summed E-state index contributed by atoms with van der Waals surface area (Å²) in [6.45, 7) is 5.64. The summed E-state index contributed by atoms with van der Waals surface area (Å²) in [6, 6.07) is 14.5. The van der Waals surface area contributed by atoms with E-state index in [2.05, 4.69) is 19.2 Å². The maximum absolute atomic E-state index is 12.4. The summed E-state index contributed by atoms with van der Waals surface area (Å²) in [4.78, 5) is 38.6. The van der Waals surface area contributed by atoms with Gasteiger partial charge in [0.2, 0.25) is 5.91 Å². The molecule has 0 spiro atoms. The van der Waals surface area contributed by atoms with Gasteiger partial charge >= 0.3 is 5.97 Å². The molecule has 2 amide bonds. The average Bonchev–Trinajstić information content (AvgIpc) is 2.87. The molecule has 0 fully saturated rings. The molecule has 1 atom stereocenters. The lowest BCUT2D eigenvalue weighted by atomic mass is 10.0. The summed E-state index contributed by atoms with van der Waals surface area (Å²) in [6.07, 6.45) is -0.847. The normalized spacial score (nSPS) is 14.4. The number of hydrogen-bond donors (Lipinski definition) is 1. The first kappa shape index (κ1) is 21.4. The van der Waals surface area contributed by atoms with Crippen LogP contribution in [0.1, 0.15) is 38.7 Å². The summed E-state index contributed by atoms with van der Waals surface area (Å²) in [5.74, 6) is -0.415. The Balaban J connectivity index is 1.60. The molecule has 0 bridgehead atoms. The van der Waals surface area contributed by atoms with Crippen LogP contribution in [0.3, 0.4) is 0 Å². The fourth-order valence-corrected chi connectivity index (χ4v) is 3.11. The quantitative estimate of drug-likeness (QED) is 0.737. The number of para-hydroxylation sites is 2. The van der Waals surface area contributed by atoms with Gasteiger partial charge in [-0.15, -0.1) is 0 Å². The van der Waals surface area contributed by atoms with Crippen molar-refractivity contribution in [3.05, 3.63) is 54.1 Å². The van der Waals surface area contributed by atoms with Crippen LogP contribution in [0.4, 0.5) is 11.4 Å². The topological polar surface area (TPSA) is 84.9 Å². The zero-order valence-corrected chi connectivity index (χ0v) is 17.4. The fraction of sp³-hybridized carbons (Fsp3) is 0.348. The van der Waals surface area contributed by atoms with Crippen molar-refractivity contribution in [3.63, 3.8) is 0 Å². The summed E-state index contributed by atoms with van der Waals surface area (Å²) in [7, 11) is 0. The Morgan fingerprint density at radius 2 is 1.80 bits per heavy atom. The predicted molar refractivity (Wildman–Crippen MR) is 114 cm³/mol. The van der Waals surface area contributed by atoms with E-state index in [4.69, 9.17) is 9.47 Å². The lowest BCUT2D eigenvalue weighted by molar-refractivity contribution is -0.152. The Labute approximate surface area is 176 Å². The SMILES string of the molecule is CC(C)c1ccc(NC(=O)[C@@H](C)OC(=O)CN2C(=O)CCOc3ccccc32)cc1.